The van der Waals surface area contributed by atoms with E-state index >= 15 is 0 Å². The van der Waals surface area contributed by atoms with Crippen LogP contribution in [-0.2, 0) is 9.53 Å². The van der Waals surface area contributed by atoms with Gasteiger partial charge in [-0.15, -0.1) is 0 Å². The Balaban J connectivity index is 2.37. The molecule has 0 radical (unpaired) electrons. The fourth-order valence-electron chi connectivity index (χ4n) is 1.61. The number of allylic oxidation sites excluding steroid dienone is 1. The fourth-order valence-corrected chi connectivity index (χ4v) is 1.61. The molecule has 0 amide bonds. The predicted molar refractivity (Wildman–Crippen MR) is 55.8 cm³/mol. The zero-order chi connectivity index (χ0) is 10.4. The Morgan fingerprint density at radius 3 is 3.07 bits per heavy atom. The van der Waals surface area contributed by atoms with Crippen LogP contribution >= 0.6 is 0 Å². The van der Waals surface area contributed by atoms with E-state index in [-0.39, 0.29) is 11.8 Å². The van der Waals surface area contributed by atoms with Gasteiger partial charge in [-0.05, 0) is 19.3 Å². The van der Waals surface area contributed by atoms with Crippen LogP contribution in [0.4, 0.5) is 0 Å². The molecular weight excluding hydrogens is 178 g/mol. The van der Waals surface area contributed by atoms with Gasteiger partial charge in [0.25, 0.3) is 0 Å². The number of hydrogen-bond donors (Lipinski definition) is 1. The number of ether oxygens (including phenoxy) is 1. The molecule has 0 aliphatic carbocycles. The van der Waals surface area contributed by atoms with Crippen molar-refractivity contribution >= 4 is 5.78 Å². The van der Waals surface area contributed by atoms with Crippen LogP contribution in [0.25, 0.3) is 0 Å². The second-order valence-electron chi connectivity index (χ2n) is 3.79. The molecule has 0 aromatic rings. The van der Waals surface area contributed by atoms with Crippen molar-refractivity contribution in [2.75, 3.05) is 6.61 Å². The van der Waals surface area contributed by atoms with E-state index in [2.05, 4.69) is 6.92 Å². The largest absolute Gasteiger partial charge is 0.501 e. The van der Waals surface area contributed by atoms with E-state index < -0.39 is 0 Å². The third-order valence-electron chi connectivity index (χ3n) is 2.40. The lowest BCUT2D eigenvalue weighted by molar-refractivity contribution is -0.116. The van der Waals surface area contributed by atoms with Crippen LogP contribution in [0, 0.1) is 0 Å². The van der Waals surface area contributed by atoms with E-state index in [0.717, 1.165) is 37.9 Å². The Hall–Kier alpha value is -0.830. The van der Waals surface area contributed by atoms with Crippen LogP contribution in [0.2, 0.25) is 0 Å². The van der Waals surface area contributed by atoms with Gasteiger partial charge < -0.3 is 10.5 Å². The number of hydrogen-bond acceptors (Lipinski definition) is 3. The van der Waals surface area contributed by atoms with Gasteiger partial charge in [-0.25, -0.2) is 0 Å². The maximum atomic E-state index is 11.7. The highest BCUT2D eigenvalue weighted by Crippen LogP contribution is 2.15. The summed E-state index contributed by atoms with van der Waals surface area (Å²) in [5.41, 5.74) is 6.61. The summed E-state index contributed by atoms with van der Waals surface area (Å²) in [5, 5.41) is 0. The minimum Gasteiger partial charge on any atom is -0.501 e. The van der Waals surface area contributed by atoms with Gasteiger partial charge >= 0.3 is 0 Å². The standard InChI is InChI=1S/C11H19NO2/c1-2-4-10(12)7-11(13)9-5-3-6-14-8-9/h8,10H,2-7,12H2,1H3. The number of nitrogens with two attached hydrogens (primary N) is 1. The SMILES string of the molecule is CCCC(N)CC(=O)C1=COCCC1. The lowest BCUT2D eigenvalue weighted by Crippen LogP contribution is -2.24. The number of Topliss-reactive ketones (excluding diaryl/α,β-unsaturated/α-hetero) is 1. The van der Waals surface area contributed by atoms with Crippen LogP contribution < -0.4 is 5.73 Å². The number of rotatable bonds is 5. The maximum absolute atomic E-state index is 11.7. The molecule has 1 heterocycles. The molecular formula is C11H19NO2. The number of carbonyl (C=O) groups excluding carboxylic acids is 1. The van der Waals surface area contributed by atoms with Crippen molar-refractivity contribution in [1.82, 2.24) is 0 Å². The van der Waals surface area contributed by atoms with E-state index in [1.54, 1.807) is 6.26 Å². The highest BCUT2D eigenvalue weighted by atomic mass is 16.5. The first kappa shape index (κ1) is 11.2. The highest BCUT2D eigenvalue weighted by Gasteiger charge is 2.15. The van der Waals surface area contributed by atoms with Crippen molar-refractivity contribution in [2.24, 2.45) is 5.73 Å². The molecule has 3 heteroatoms. The minimum absolute atomic E-state index is 0.00956. The topological polar surface area (TPSA) is 52.3 Å². The van der Waals surface area contributed by atoms with Crippen molar-refractivity contribution in [1.29, 1.82) is 0 Å². The average Bonchev–Trinajstić information content (AvgIpc) is 2.19. The summed E-state index contributed by atoms with van der Waals surface area (Å²) >= 11 is 0. The summed E-state index contributed by atoms with van der Waals surface area (Å²) in [7, 11) is 0. The molecule has 0 bridgehead atoms. The van der Waals surface area contributed by atoms with E-state index in [0.29, 0.717) is 6.42 Å². The molecule has 0 spiro atoms. The summed E-state index contributed by atoms with van der Waals surface area (Å²) in [6.07, 6.45) is 5.80. The van der Waals surface area contributed by atoms with Crippen molar-refractivity contribution < 1.29 is 9.53 Å². The molecule has 2 N–H and O–H groups in total. The van der Waals surface area contributed by atoms with Crippen molar-refractivity contribution in [2.45, 2.75) is 45.1 Å². The number of ketones is 1. The Bertz CT molecular complexity index is 223. The van der Waals surface area contributed by atoms with Gasteiger partial charge in [0.05, 0.1) is 12.9 Å². The lowest BCUT2D eigenvalue weighted by Gasteiger charge is -2.14. The first-order valence-corrected chi connectivity index (χ1v) is 5.33. The van der Waals surface area contributed by atoms with Crippen LogP contribution in [0.15, 0.2) is 11.8 Å². The van der Waals surface area contributed by atoms with E-state index in [1.165, 1.54) is 0 Å². The maximum Gasteiger partial charge on any atom is 0.163 e. The van der Waals surface area contributed by atoms with Crippen LogP contribution in [-0.4, -0.2) is 18.4 Å². The van der Waals surface area contributed by atoms with Gasteiger partial charge in [-0.3, -0.25) is 4.79 Å². The smallest absolute Gasteiger partial charge is 0.163 e. The summed E-state index contributed by atoms with van der Waals surface area (Å²) in [6, 6.07) is 0.00956. The molecule has 1 unspecified atom stereocenters. The highest BCUT2D eigenvalue weighted by molar-refractivity contribution is 5.95. The second-order valence-corrected chi connectivity index (χ2v) is 3.79. The van der Waals surface area contributed by atoms with Gasteiger partial charge in [0.15, 0.2) is 5.78 Å². The molecule has 1 atom stereocenters. The van der Waals surface area contributed by atoms with Gasteiger partial charge in [-0.2, -0.15) is 0 Å². The van der Waals surface area contributed by atoms with Crippen molar-refractivity contribution in [3.05, 3.63) is 11.8 Å². The lowest BCUT2D eigenvalue weighted by atomic mass is 9.98. The quantitative estimate of drug-likeness (QED) is 0.730. The van der Waals surface area contributed by atoms with E-state index in [1.807, 2.05) is 0 Å². The Labute approximate surface area is 85.3 Å². The molecule has 0 aromatic heterocycles. The van der Waals surface area contributed by atoms with Gasteiger partial charge in [-0.1, -0.05) is 13.3 Å². The van der Waals surface area contributed by atoms with Crippen LogP contribution in [0.3, 0.4) is 0 Å². The molecule has 0 fully saturated rings. The third kappa shape index (κ3) is 3.50. The second kappa shape index (κ2) is 5.81. The van der Waals surface area contributed by atoms with Crippen LogP contribution in [0.5, 0.6) is 0 Å². The Kier molecular flexibility index (Phi) is 4.66. The van der Waals surface area contributed by atoms with Gasteiger partial charge in [0, 0.05) is 18.0 Å². The summed E-state index contributed by atoms with van der Waals surface area (Å²) < 4.78 is 5.12. The summed E-state index contributed by atoms with van der Waals surface area (Å²) in [6.45, 7) is 2.81. The molecule has 3 nitrogen and oxygen atoms in total. The molecule has 0 saturated heterocycles. The molecule has 1 aliphatic heterocycles. The molecule has 1 rings (SSSR count). The van der Waals surface area contributed by atoms with Gasteiger partial charge in [0.1, 0.15) is 0 Å². The van der Waals surface area contributed by atoms with E-state index in [4.69, 9.17) is 10.5 Å². The molecule has 0 aromatic carbocycles. The number of carbonyl (C=O) groups is 1. The Morgan fingerprint density at radius 2 is 2.50 bits per heavy atom. The molecule has 0 saturated carbocycles. The normalized spacial score (nSPS) is 18.3. The minimum atomic E-state index is 0.00956. The van der Waals surface area contributed by atoms with Gasteiger partial charge in [0.2, 0.25) is 0 Å². The molecule has 80 valence electrons. The monoisotopic (exact) mass is 197 g/mol. The van der Waals surface area contributed by atoms with Crippen molar-refractivity contribution in [3.63, 3.8) is 0 Å². The predicted octanol–water partition coefficient (Wildman–Crippen LogP) is 1.77. The Morgan fingerprint density at radius 1 is 1.71 bits per heavy atom. The first-order valence-electron chi connectivity index (χ1n) is 5.33. The summed E-state index contributed by atoms with van der Waals surface area (Å²) in [5.74, 6) is 0.158. The van der Waals surface area contributed by atoms with Crippen LogP contribution in [0.1, 0.15) is 39.0 Å². The molecule has 1 aliphatic rings. The fraction of sp³-hybridized carbons (Fsp3) is 0.727. The first-order chi connectivity index (χ1) is 6.74. The van der Waals surface area contributed by atoms with E-state index in [9.17, 15) is 4.79 Å². The zero-order valence-corrected chi connectivity index (χ0v) is 8.79. The molecule has 14 heavy (non-hydrogen) atoms. The summed E-state index contributed by atoms with van der Waals surface area (Å²) in [4.78, 5) is 11.7. The third-order valence-corrected chi connectivity index (χ3v) is 2.40. The zero-order valence-electron chi connectivity index (χ0n) is 8.79. The average molecular weight is 197 g/mol. The van der Waals surface area contributed by atoms with Crippen molar-refractivity contribution in [3.8, 4) is 0 Å².